The SMILES string of the molecule is O=CNc1cc2c(C(=O)C(=O)O)c(N3CCC(F)(Cc4ccccc4)CC3)[nH]c2cc1Cl. The summed E-state index contributed by atoms with van der Waals surface area (Å²) in [7, 11) is 0. The van der Waals surface area contributed by atoms with Crippen LogP contribution in [0.5, 0.6) is 0 Å². The minimum Gasteiger partial charge on any atom is -0.475 e. The number of aromatic nitrogens is 1. The number of piperidine rings is 1. The van der Waals surface area contributed by atoms with Crippen molar-refractivity contribution in [1.82, 2.24) is 4.98 Å². The molecule has 1 aromatic heterocycles. The van der Waals surface area contributed by atoms with Crippen LogP contribution in [0, 0.1) is 0 Å². The van der Waals surface area contributed by atoms with Gasteiger partial charge in [-0.1, -0.05) is 41.9 Å². The van der Waals surface area contributed by atoms with Gasteiger partial charge < -0.3 is 20.3 Å². The number of alkyl halides is 1. The van der Waals surface area contributed by atoms with E-state index in [1.54, 1.807) is 4.90 Å². The predicted octanol–water partition coefficient (Wildman–Crippen LogP) is 4.21. The predicted molar refractivity (Wildman–Crippen MR) is 120 cm³/mol. The molecule has 1 fully saturated rings. The van der Waals surface area contributed by atoms with Crippen LogP contribution >= 0.6 is 11.6 Å². The number of fused-ring (bicyclic) bond motifs is 1. The number of benzene rings is 2. The van der Waals surface area contributed by atoms with E-state index in [0.717, 1.165) is 5.56 Å². The molecule has 2 aromatic carbocycles. The van der Waals surface area contributed by atoms with Gasteiger partial charge in [0.25, 0.3) is 5.78 Å². The van der Waals surface area contributed by atoms with Crippen molar-refractivity contribution in [2.75, 3.05) is 23.3 Å². The molecule has 9 heteroatoms. The molecular formula is C23H21ClFN3O4. The first kappa shape index (κ1) is 21.8. The van der Waals surface area contributed by atoms with Crippen LogP contribution in [0.4, 0.5) is 15.9 Å². The van der Waals surface area contributed by atoms with Crippen molar-refractivity contribution in [3.63, 3.8) is 0 Å². The van der Waals surface area contributed by atoms with Gasteiger partial charge in [0.2, 0.25) is 6.41 Å². The van der Waals surface area contributed by atoms with E-state index in [9.17, 15) is 19.5 Å². The zero-order valence-electron chi connectivity index (χ0n) is 17.0. The van der Waals surface area contributed by atoms with Gasteiger partial charge >= 0.3 is 5.97 Å². The Bertz CT molecular complexity index is 1190. The summed E-state index contributed by atoms with van der Waals surface area (Å²) in [6.45, 7) is 0.618. The first-order valence-corrected chi connectivity index (χ1v) is 10.5. The molecule has 0 radical (unpaired) electrons. The second-order valence-corrected chi connectivity index (χ2v) is 8.33. The number of hydrogen-bond donors (Lipinski definition) is 3. The van der Waals surface area contributed by atoms with Crippen LogP contribution < -0.4 is 10.2 Å². The number of hydrogen-bond acceptors (Lipinski definition) is 4. The van der Waals surface area contributed by atoms with Gasteiger partial charge in [-0.3, -0.25) is 9.59 Å². The third-order valence-corrected chi connectivity index (χ3v) is 6.15. The number of Topliss-reactive ketones (excluding diaryl/α,β-unsaturated/α-hetero) is 1. The fraction of sp³-hybridized carbons (Fsp3) is 0.261. The lowest BCUT2D eigenvalue weighted by atomic mass is 9.87. The Labute approximate surface area is 188 Å². The molecule has 0 unspecified atom stereocenters. The smallest absolute Gasteiger partial charge is 0.377 e. The summed E-state index contributed by atoms with van der Waals surface area (Å²) in [4.78, 5) is 39.8. The van der Waals surface area contributed by atoms with Gasteiger partial charge in [0, 0.05) is 30.4 Å². The molecule has 0 aliphatic carbocycles. The van der Waals surface area contributed by atoms with Crippen molar-refractivity contribution in [3.05, 3.63) is 58.6 Å². The van der Waals surface area contributed by atoms with E-state index in [2.05, 4.69) is 10.3 Å². The summed E-state index contributed by atoms with van der Waals surface area (Å²) < 4.78 is 15.5. The molecule has 4 rings (SSSR count). The van der Waals surface area contributed by atoms with Gasteiger partial charge in [0.1, 0.15) is 11.5 Å². The molecule has 166 valence electrons. The van der Waals surface area contributed by atoms with Crippen LogP contribution in [0.3, 0.4) is 0 Å². The number of carboxylic acid groups (broad SMARTS) is 1. The van der Waals surface area contributed by atoms with Crippen LogP contribution in [0.1, 0.15) is 28.8 Å². The normalized spacial score (nSPS) is 15.5. The standard InChI is InChI=1S/C23H21ClFN3O4/c24-16-11-17-15(10-18(16)26-13-29)19(20(30)22(31)32)21(27-17)28-8-6-23(25,7-9-28)12-14-4-2-1-3-5-14/h1-5,10-11,13,27H,6-9,12H2,(H,26,29)(H,31,32). The number of amides is 1. The molecule has 3 aromatic rings. The number of halogens is 2. The van der Waals surface area contributed by atoms with E-state index >= 15 is 4.39 Å². The van der Waals surface area contributed by atoms with Gasteiger partial charge in [-0.15, -0.1) is 0 Å². The Kier molecular flexibility index (Phi) is 5.88. The molecule has 32 heavy (non-hydrogen) atoms. The number of rotatable bonds is 7. The zero-order chi connectivity index (χ0) is 22.9. The molecule has 3 N–H and O–H groups in total. The van der Waals surface area contributed by atoms with Gasteiger partial charge in [-0.05, 0) is 30.5 Å². The van der Waals surface area contributed by atoms with Crippen molar-refractivity contribution in [2.24, 2.45) is 0 Å². The monoisotopic (exact) mass is 457 g/mol. The van der Waals surface area contributed by atoms with Crippen molar-refractivity contribution in [3.8, 4) is 0 Å². The summed E-state index contributed by atoms with van der Waals surface area (Å²) in [6, 6.07) is 12.4. The lowest BCUT2D eigenvalue weighted by Gasteiger charge is -2.37. The van der Waals surface area contributed by atoms with Crippen LogP contribution in [0.15, 0.2) is 42.5 Å². The van der Waals surface area contributed by atoms with E-state index in [-0.39, 0.29) is 29.1 Å². The number of nitrogens with one attached hydrogen (secondary N) is 2. The Morgan fingerprint density at radius 2 is 1.91 bits per heavy atom. The van der Waals surface area contributed by atoms with Crippen LogP contribution in [0.25, 0.3) is 10.9 Å². The van der Waals surface area contributed by atoms with Gasteiger partial charge in [0.05, 0.1) is 16.3 Å². The fourth-order valence-electron chi connectivity index (χ4n) is 4.22. The van der Waals surface area contributed by atoms with E-state index < -0.39 is 17.4 Å². The third kappa shape index (κ3) is 4.18. The molecule has 1 amide bonds. The first-order valence-electron chi connectivity index (χ1n) is 10.1. The van der Waals surface area contributed by atoms with Crippen LogP contribution in [-0.4, -0.2) is 47.0 Å². The van der Waals surface area contributed by atoms with Crippen molar-refractivity contribution in [2.45, 2.75) is 24.9 Å². The highest BCUT2D eigenvalue weighted by Crippen LogP contribution is 2.38. The Balaban J connectivity index is 1.66. The average molecular weight is 458 g/mol. The molecule has 1 saturated heterocycles. The van der Waals surface area contributed by atoms with Crippen molar-refractivity contribution >= 4 is 52.2 Å². The third-order valence-electron chi connectivity index (χ3n) is 5.84. The largest absolute Gasteiger partial charge is 0.475 e. The molecule has 7 nitrogen and oxygen atoms in total. The zero-order valence-corrected chi connectivity index (χ0v) is 17.8. The summed E-state index contributed by atoms with van der Waals surface area (Å²) in [5.74, 6) is -2.38. The van der Waals surface area contributed by atoms with E-state index in [1.807, 2.05) is 30.3 Å². The molecule has 0 spiro atoms. The number of ketones is 1. The number of aliphatic carboxylic acids is 1. The van der Waals surface area contributed by atoms with E-state index in [0.29, 0.717) is 42.6 Å². The number of carbonyl (C=O) groups excluding carboxylic acids is 2. The number of carboxylic acids is 1. The van der Waals surface area contributed by atoms with E-state index in [4.69, 9.17) is 11.6 Å². The lowest BCUT2D eigenvalue weighted by Crippen LogP contribution is -2.43. The quantitative estimate of drug-likeness (QED) is 0.280. The Hall–Kier alpha value is -3.39. The van der Waals surface area contributed by atoms with Crippen molar-refractivity contribution < 1.29 is 23.9 Å². The van der Waals surface area contributed by atoms with Crippen molar-refractivity contribution in [1.29, 1.82) is 0 Å². The second kappa shape index (κ2) is 8.63. The maximum atomic E-state index is 15.5. The topological polar surface area (TPSA) is 102 Å². The highest BCUT2D eigenvalue weighted by molar-refractivity contribution is 6.44. The number of H-pyrrole nitrogens is 1. The van der Waals surface area contributed by atoms with Crippen LogP contribution in [0.2, 0.25) is 5.02 Å². The van der Waals surface area contributed by atoms with Gasteiger partial charge in [-0.2, -0.15) is 0 Å². The minimum absolute atomic E-state index is 0.0347. The molecule has 0 atom stereocenters. The Morgan fingerprint density at radius 1 is 1.22 bits per heavy atom. The molecule has 2 heterocycles. The van der Waals surface area contributed by atoms with Gasteiger partial charge in [-0.25, -0.2) is 9.18 Å². The van der Waals surface area contributed by atoms with Gasteiger partial charge in [0.15, 0.2) is 0 Å². The molecule has 1 aliphatic heterocycles. The summed E-state index contributed by atoms with van der Waals surface area (Å²) in [5, 5.41) is 12.4. The second-order valence-electron chi connectivity index (χ2n) is 7.92. The molecule has 1 aliphatic rings. The molecular weight excluding hydrogens is 437 g/mol. The number of carbonyl (C=O) groups is 3. The maximum absolute atomic E-state index is 15.5. The first-order chi connectivity index (χ1) is 15.3. The highest BCUT2D eigenvalue weighted by Gasteiger charge is 2.37. The maximum Gasteiger partial charge on any atom is 0.377 e. The average Bonchev–Trinajstić information content (AvgIpc) is 3.12. The fourth-order valence-corrected chi connectivity index (χ4v) is 4.44. The Morgan fingerprint density at radius 3 is 2.53 bits per heavy atom. The lowest BCUT2D eigenvalue weighted by molar-refractivity contribution is -0.131. The number of nitrogens with zero attached hydrogens (tertiary/aromatic N) is 1. The summed E-state index contributed by atoms with van der Waals surface area (Å²) >= 11 is 6.18. The minimum atomic E-state index is -1.60. The summed E-state index contributed by atoms with van der Waals surface area (Å²) in [5.41, 5.74) is 0.203. The summed E-state index contributed by atoms with van der Waals surface area (Å²) in [6.07, 6.45) is 1.20. The number of anilines is 2. The van der Waals surface area contributed by atoms with Crippen LogP contribution in [-0.2, 0) is 16.0 Å². The van der Waals surface area contributed by atoms with E-state index in [1.165, 1.54) is 12.1 Å². The number of aromatic amines is 1. The highest BCUT2D eigenvalue weighted by atomic mass is 35.5. The molecule has 0 saturated carbocycles. The molecule has 0 bridgehead atoms.